The van der Waals surface area contributed by atoms with Gasteiger partial charge in [0.15, 0.2) is 0 Å². The number of thioether (sulfide) groups is 1. The van der Waals surface area contributed by atoms with Gasteiger partial charge in [-0.3, -0.25) is 4.57 Å². The molecule has 1 aromatic heterocycles. The van der Waals surface area contributed by atoms with Gasteiger partial charge in [0.25, 0.3) is 0 Å². The van der Waals surface area contributed by atoms with E-state index in [0.29, 0.717) is 17.3 Å². The zero-order valence-corrected chi connectivity index (χ0v) is 14.9. The van der Waals surface area contributed by atoms with Crippen molar-refractivity contribution >= 4 is 34.3 Å². The molecule has 0 bridgehead atoms. The Hall–Kier alpha value is -1.89. The van der Waals surface area contributed by atoms with Gasteiger partial charge in [-0.05, 0) is 23.8 Å². The molecule has 0 saturated carbocycles. The fourth-order valence-electron chi connectivity index (χ4n) is 3.07. The van der Waals surface area contributed by atoms with E-state index in [-0.39, 0.29) is 17.6 Å². The normalized spacial score (nSPS) is 16.8. The van der Waals surface area contributed by atoms with Crippen LogP contribution in [0.15, 0.2) is 46.2 Å². The van der Waals surface area contributed by atoms with Crippen LogP contribution in [0.1, 0.15) is 0 Å². The fraction of sp³-hybridized carbons (Fsp3) is 0.222. The third-order valence-electron chi connectivity index (χ3n) is 4.32. The van der Waals surface area contributed by atoms with Gasteiger partial charge in [-0.15, -0.1) is 11.8 Å². The minimum atomic E-state index is -0.314. The fourth-order valence-corrected chi connectivity index (χ4v) is 4.78. The van der Waals surface area contributed by atoms with Crippen molar-refractivity contribution in [2.75, 3.05) is 12.9 Å². The Morgan fingerprint density at radius 2 is 2.12 bits per heavy atom. The third-order valence-corrected chi connectivity index (χ3v) is 5.84. The SMILES string of the molecule is COC1CSc2c(-c3ccc(F)cc3)c(Cl)cc3cnc(=O)n(c23)C1. The highest BCUT2D eigenvalue weighted by Gasteiger charge is 2.24. The van der Waals surface area contributed by atoms with E-state index in [4.69, 9.17) is 16.3 Å². The van der Waals surface area contributed by atoms with Crippen LogP contribution in [-0.2, 0) is 11.3 Å². The van der Waals surface area contributed by atoms with Crippen molar-refractivity contribution in [3.8, 4) is 11.1 Å². The van der Waals surface area contributed by atoms with E-state index in [1.807, 2.05) is 0 Å². The van der Waals surface area contributed by atoms with Gasteiger partial charge in [0.2, 0.25) is 0 Å². The van der Waals surface area contributed by atoms with Crippen LogP contribution in [0.5, 0.6) is 0 Å². The van der Waals surface area contributed by atoms with Crippen LogP contribution in [0.25, 0.3) is 22.0 Å². The molecule has 1 atom stereocenters. The zero-order chi connectivity index (χ0) is 17.6. The van der Waals surface area contributed by atoms with Crippen molar-refractivity contribution in [1.82, 2.24) is 9.55 Å². The minimum absolute atomic E-state index is 0.109. The van der Waals surface area contributed by atoms with Gasteiger partial charge < -0.3 is 4.74 Å². The van der Waals surface area contributed by atoms with Crippen molar-refractivity contribution in [1.29, 1.82) is 0 Å². The number of methoxy groups -OCH3 is 1. The molecule has 1 unspecified atom stereocenters. The maximum absolute atomic E-state index is 13.3. The highest BCUT2D eigenvalue weighted by atomic mass is 35.5. The smallest absolute Gasteiger partial charge is 0.348 e. The summed E-state index contributed by atoms with van der Waals surface area (Å²) in [5.41, 5.74) is 2.09. The lowest BCUT2D eigenvalue weighted by Gasteiger charge is -2.15. The molecule has 0 radical (unpaired) electrons. The number of ether oxygens (including phenoxy) is 1. The molecule has 2 aromatic carbocycles. The summed E-state index contributed by atoms with van der Waals surface area (Å²) in [4.78, 5) is 17.2. The Morgan fingerprint density at radius 1 is 1.36 bits per heavy atom. The number of nitrogens with zero attached hydrogens (tertiary/aromatic N) is 2. The second kappa shape index (κ2) is 6.44. The van der Waals surface area contributed by atoms with Crippen molar-refractivity contribution in [2.24, 2.45) is 0 Å². The third kappa shape index (κ3) is 2.84. The molecule has 0 amide bonds. The maximum atomic E-state index is 13.3. The molecule has 25 heavy (non-hydrogen) atoms. The molecule has 0 aliphatic carbocycles. The zero-order valence-electron chi connectivity index (χ0n) is 13.3. The number of benzene rings is 2. The molecule has 1 aliphatic heterocycles. The number of hydrogen-bond acceptors (Lipinski definition) is 4. The predicted molar refractivity (Wildman–Crippen MR) is 97.9 cm³/mol. The molecule has 2 heterocycles. The first-order valence-electron chi connectivity index (χ1n) is 7.72. The van der Waals surface area contributed by atoms with E-state index < -0.39 is 0 Å². The molecule has 7 heteroatoms. The molecular weight excluding hydrogens is 363 g/mol. The van der Waals surface area contributed by atoms with Crippen LogP contribution in [0.3, 0.4) is 0 Å². The standard InChI is InChI=1S/C18H14ClFN2O2S/c1-24-13-8-22-16-11(7-21-18(22)23)6-14(19)15(17(16)25-9-13)10-2-4-12(20)5-3-10/h2-7,13H,8-9H2,1H3. The first kappa shape index (κ1) is 16.6. The quantitative estimate of drug-likeness (QED) is 0.678. The van der Waals surface area contributed by atoms with Crippen LogP contribution in [0, 0.1) is 5.82 Å². The summed E-state index contributed by atoms with van der Waals surface area (Å²) in [6.45, 7) is 0.435. The summed E-state index contributed by atoms with van der Waals surface area (Å²) in [5, 5.41) is 1.35. The molecule has 0 spiro atoms. The van der Waals surface area contributed by atoms with Gasteiger partial charge in [-0.25, -0.2) is 14.2 Å². The second-order valence-electron chi connectivity index (χ2n) is 5.83. The topological polar surface area (TPSA) is 44.1 Å². The van der Waals surface area contributed by atoms with Crippen molar-refractivity contribution in [3.05, 3.63) is 57.9 Å². The molecular formula is C18H14ClFN2O2S. The molecule has 0 saturated heterocycles. The Balaban J connectivity index is 2.06. The molecule has 4 rings (SSSR count). The number of aromatic nitrogens is 2. The number of halogens is 2. The predicted octanol–water partition coefficient (Wildman–Crippen LogP) is 3.98. The molecule has 128 valence electrons. The lowest BCUT2D eigenvalue weighted by Crippen LogP contribution is -2.29. The lowest BCUT2D eigenvalue weighted by atomic mass is 10.0. The second-order valence-corrected chi connectivity index (χ2v) is 7.26. The first-order valence-corrected chi connectivity index (χ1v) is 9.08. The number of rotatable bonds is 2. The Labute approximate surface area is 152 Å². The van der Waals surface area contributed by atoms with Gasteiger partial charge in [0.05, 0.1) is 23.2 Å². The van der Waals surface area contributed by atoms with E-state index in [2.05, 4.69) is 4.98 Å². The van der Waals surface area contributed by atoms with Crippen molar-refractivity contribution < 1.29 is 9.13 Å². The molecule has 3 aromatic rings. The molecule has 0 N–H and O–H groups in total. The van der Waals surface area contributed by atoms with E-state index in [0.717, 1.165) is 26.9 Å². The van der Waals surface area contributed by atoms with Crippen LogP contribution in [-0.4, -0.2) is 28.5 Å². The van der Waals surface area contributed by atoms with Crippen molar-refractivity contribution in [2.45, 2.75) is 17.5 Å². The largest absolute Gasteiger partial charge is 0.379 e. The van der Waals surface area contributed by atoms with Crippen molar-refractivity contribution in [3.63, 3.8) is 0 Å². The van der Waals surface area contributed by atoms with Crippen LogP contribution >= 0.6 is 23.4 Å². The molecule has 1 aliphatic rings. The molecule has 4 nitrogen and oxygen atoms in total. The summed E-state index contributed by atoms with van der Waals surface area (Å²) in [5.74, 6) is 0.376. The Bertz CT molecular complexity index is 1020. The highest BCUT2D eigenvalue weighted by Crippen LogP contribution is 2.43. The summed E-state index contributed by atoms with van der Waals surface area (Å²) < 4.78 is 20.5. The summed E-state index contributed by atoms with van der Waals surface area (Å²) in [7, 11) is 1.63. The van der Waals surface area contributed by atoms with Gasteiger partial charge in [-0.1, -0.05) is 23.7 Å². The van der Waals surface area contributed by atoms with E-state index in [9.17, 15) is 9.18 Å². The summed E-state index contributed by atoms with van der Waals surface area (Å²) >= 11 is 8.14. The average molecular weight is 377 g/mol. The summed E-state index contributed by atoms with van der Waals surface area (Å²) in [6, 6.07) is 8.00. The van der Waals surface area contributed by atoms with Gasteiger partial charge in [0, 0.05) is 34.9 Å². The van der Waals surface area contributed by atoms with Crippen LogP contribution in [0.4, 0.5) is 4.39 Å². The lowest BCUT2D eigenvalue weighted by molar-refractivity contribution is 0.107. The van der Waals surface area contributed by atoms with E-state index in [1.54, 1.807) is 47.8 Å². The highest BCUT2D eigenvalue weighted by molar-refractivity contribution is 7.99. The van der Waals surface area contributed by atoms with Crippen LogP contribution < -0.4 is 5.69 Å². The maximum Gasteiger partial charge on any atom is 0.348 e. The van der Waals surface area contributed by atoms with E-state index in [1.165, 1.54) is 12.1 Å². The van der Waals surface area contributed by atoms with Gasteiger partial charge in [-0.2, -0.15) is 0 Å². The average Bonchev–Trinajstić information content (AvgIpc) is 2.80. The van der Waals surface area contributed by atoms with Gasteiger partial charge >= 0.3 is 5.69 Å². The number of hydrogen-bond donors (Lipinski definition) is 0. The Kier molecular flexibility index (Phi) is 4.27. The van der Waals surface area contributed by atoms with E-state index >= 15 is 0 Å². The minimum Gasteiger partial charge on any atom is -0.379 e. The first-order chi connectivity index (χ1) is 12.1. The van der Waals surface area contributed by atoms with Gasteiger partial charge in [0.1, 0.15) is 5.82 Å². The monoisotopic (exact) mass is 376 g/mol. The Morgan fingerprint density at radius 3 is 2.84 bits per heavy atom. The van der Waals surface area contributed by atoms with Crippen LogP contribution in [0.2, 0.25) is 5.02 Å². The molecule has 0 fully saturated rings. The summed E-state index contributed by atoms with van der Waals surface area (Å²) in [6.07, 6.45) is 1.44.